The number of imidazole rings is 1. The van der Waals surface area contributed by atoms with Gasteiger partial charge >= 0.3 is 6.16 Å². The normalized spacial score (nSPS) is 20.0. The topological polar surface area (TPSA) is 175 Å². The van der Waals surface area contributed by atoms with Crippen LogP contribution in [0.2, 0.25) is 0 Å². The van der Waals surface area contributed by atoms with E-state index >= 15 is 0 Å². The van der Waals surface area contributed by atoms with Gasteiger partial charge in [0, 0.05) is 30.0 Å². The minimum atomic E-state index is -0.546. The largest absolute Gasteiger partial charge is 0.508 e. The molecule has 4 rings (SSSR count). The fraction of sp³-hybridized carbons (Fsp3) is 0.316. The van der Waals surface area contributed by atoms with Gasteiger partial charge in [-0.15, -0.1) is 0 Å². The Bertz CT molecular complexity index is 953. The number of nitrogen functional groups attached to an aromatic ring is 1. The van der Waals surface area contributed by atoms with E-state index in [1.54, 1.807) is 0 Å². The molecule has 1 atom stereocenters. The molecule has 0 amide bonds. The third kappa shape index (κ3) is 6.14. The highest BCUT2D eigenvalue weighted by Crippen LogP contribution is 2.24. The van der Waals surface area contributed by atoms with Gasteiger partial charge in [0.1, 0.15) is 25.1 Å². The van der Waals surface area contributed by atoms with E-state index in [1.807, 2.05) is 19.1 Å². The van der Waals surface area contributed by atoms with Crippen molar-refractivity contribution in [2.75, 3.05) is 25.6 Å². The maximum Gasteiger partial charge on any atom is 0.508 e. The van der Waals surface area contributed by atoms with Crippen molar-refractivity contribution in [2.45, 2.75) is 13.3 Å². The van der Waals surface area contributed by atoms with Crippen molar-refractivity contribution in [2.24, 2.45) is 16.6 Å². The fourth-order valence-electron chi connectivity index (χ4n) is 2.63. The number of rotatable bonds is 3. The number of anilines is 1. The average molecular weight is 415 g/mol. The molecular weight excluding hydrogens is 390 g/mol. The number of nitrogens with two attached hydrogens (primary N) is 2. The molecule has 0 spiro atoms. The van der Waals surface area contributed by atoms with Gasteiger partial charge in [-0.2, -0.15) is 0 Å². The van der Waals surface area contributed by atoms with Crippen LogP contribution in [-0.2, 0) is 9.47 Å². The standard InChI is InChI=1S/C11H16N2O.C5H5N5.C3H4O3/c1-3-13-11-9(6-7-14)4-5-10(11)8(2)12;6-4-3-5(9-1-7-3)10-2-8-4;4-3-5-1-2-6-3/h3-5,9,14H,1,6-7,12H2,2H3;1-2H,(H3,6,7,8,9,10);1-2H2/b10-8+,13-11?;;. The Hall–Kier alpha value is -3.73. The molecule has 11 heteroatoms. The summed E-state index contributed by atoms with van der Waals surface area (Å²) in [5, 5.41) is 8.88. The highest BCUT2D eigenvalue weighted by molar-refractivity contribution is 6.08. The zero-order valence-electron chi connectivity index (χ0n) is 16.6. The number of aliphatic imine (C=N–C) groups is 1. The molecule has 0 radical (unpaired) electrons. The number of hydrogen-bond donors (Lipinski definition) is 4. The van der Waals surface area contributed by atoms with Crippen LogP contribution in [0, 0.1) is 5.92 Å². The van der Waals surface area contributed by atoms with Crippen molar-refractivity contribution in [3.05, 3.63) is 48.9 Å². The van der Waals surface area contributed by atoms with Crippen molar-refractivity contribution in [3.8, 4) is 0 Å². The zero-order chi connectivity index (χ0) is 21.9. The molecule has 0 bridgehead atoms. The molecule has 1 aliphatic carbocycles. The Morgan fingerprint density at radius 2 is 2.13 bits per heavy atom. The smallest absolute Gasteiger partial charge is 0.431 e. The Kier molecular flexibility index (Phi) is 8.51. The third-order valence-corrected chi connectivity index (χ3v) is 3.99. The molecule has 1 fully saturated rings. The van der Waals surface area contributed by atoms with Gasteiger partial charge in [0.25, 0.3) is 0 Å². The number of aliphatic hydroxyl groups is 1. The van der Waals surface area contributed by atoms with Gasteiger partial charge in [-0.1, -0.05) is 18.7 Å². The van der Waals surface area contributed by atoms with E-state index < -0.39 is 6.16 Å². The van der Waals surface area contributed by atoms with Gasteiger partial charge in [-0.05, 0) is 13.3 Å². The number of ether oxygens (including phenoxy) is 2. The molecule has 0 saturated carbocycles. The summed E-state index contributed by atoms with van der Waals surface area (Å²) in [5.74, 6) is 0.606. The first-order chi connectivity index (χ1) is 14.5. The van der Waals surface area contributed by atoms with Crippen molar-refractivity contribution >= 4 is 28.8 Å². The maximum absolute atomic E-state index is 9.80. The first-order valence-electron chi connectivity index (χ1n) is 9.11. The molecule has 1 unspecified atom stereocenters. The number of nitrogens with zero attached hydrogens (tertiary/aromatic N) is 4. The predicted molar refractivity (Wildman–Crippen MR) is 112 cm³/mol. The Morgan fingerprint density at radius 3 is 2.67 bits per heavy atom. The number of aromatic nitrogens is 4. The van der Waals surface area contributed by atoms with Crippen LogP contribution in [-0.4, -0.2) is 56.7 Å². The second kappa shape index (κ2) is 11.3. The molecule has 11 nitrogen and oxygen atoms in total. The number of nitrogens with one attached hydrogen (secondary N) is 1. The number of hydrogen-bond acceptors (Lipinski definition) is 10. The van der Waals surface area contributed by atoms with Gasteiger partial charge in [0.05, 0.1) is 12.0 Å². The summed E-state index contributed by atoms with van der Waals surface area (Å²) in [7, 11) is 0. The van der Waals surface area contributed by atoms with Crippen LogP contribution in [0.25, 0.3) is 11.2 Å². The molecule has 2 aromatic heterocycles. The number of aromatic amines is 1. The first-order valence-corrected chi connectivity index (χ1v) is 9.11. The maximum atomic E-state index is 9.80. The fourth-order valence-corrected chi connectivity index (χ4v) is 2.63. The highest BCUT2D eigenvalue weighted by atomic mass is 16.8. The molecule has 2 aliphatic rings. The SMILES string of the molecule is C=CN=C1/C(=C(\C)N)C=CC1CCO.Nc1ncnc2nc[nH]c12.O=C1OCCO1. The number of allylic oxidation sites excluding steroid dienone is 4. The third-order valence-electron chi connectivity index (χ3n) is 3.99. The van der Waals surface area contributed by atoms with Crippen LogP contribution < -0.4 is 11.5 Å². The minimum Gasteiger partial charge on any atom is -0.431 e. The van der Waals surface area contributed by atoms with Gasteiger partial charge in [0.15, 0.2) is 11.5 Å². The molecule has 1 saturated heterocycles. The monoisotopic (exact) mass is 415 g/mol. The number of fused-ring (bicyclic) bond motifs is 1. The number of carbonyl (C=O) groups excluding carboxylic acids is 1. The number of carbonyl (C=O) groups is 1. The lowest BCUT2D eigenvalue weighted by Gasteiger charge is -2.09. The second-order valence-corrected chi connectivity index (χ2v) is 6.08. The highest BCUT2D eigenvalue weighted by Gasteiger charge is 2.21. The summed E-state index contributed by atoms with van der Waals surface area (Å²) in [4.78, 5) is 28.4. The number of cyclic esters (lactones) is 2. The summed E-state index contributed by atoms with van der Waals surface area (Å²) in [6.45, 7) is 6.40. The number of H-pyrrole nitrogens is 1. The van der Waals surface area contributed by atoms with Crippen LogP contribution in [0.5, 0.6) is 0 Å². The average Bonchev–Trinajstić information content (AvgIpc) is 3.46. The van der Waals surface area contributed by atoms with Crippen LogP contribution in [0.1, 0.15) is 13.3 Å². The molecular formula is C19H25N7O4. The van der Waals surface area contributed by atoms with Crippen molar-refractivity contribution in [1.82, 2.24) is 19.9 Å². The van der Waals surface area contributed by atoms with E-state index in [0.29, 0.717) is 36.6 Å². The Balaban J connectivity index is 0.000000173. The lowest BCUT2D eigenvalue weighted by atomic mass is 10.0. The summed E-state index contributed by atoms with van der Waals surface area (Å²) in [5.41, 5.74) is 15.1. The summed E-state index contributed by atoms with van der Waals surface area (Å²) >= 11 is 0. The molecule has 30 heavy (non-hydrogen) atoms. The zero-order valence-corrected chi connectivity index (χ0v) is 16.6. The molecule has 0 aromatic carbocycles. The molecule has 6 N–H and O–H groups in total. The van der Waals surface area contributed by atoms with E-state index in [1.165, 1.54) is 18.9 Å². The lowest BCUT2D eigenvalue weighted by Crippen LogP contribution is -2.13. The summed E-state index contributed by atoms with van der Waals surface area (Å²) < 4.78 is 8.58. The minimum absolute atomic E-state index is 0.155. The molecule has 1 aliphatic heterocycles. The predicted octanol–water partition coefficient (Wildman–Crippen LogP) is 1.46. The van der Waals surface area contributed by atoms with Gasteiger partial charge in [-0.3, -0.25) is 4.99 Å². The Morgan fingerprint density at radius 1 is 1.40 bits per heavy atom. The molecule has 2 aromatic rings. The number of aliphatic hydroxyl groups excluding tert-OH is 1. The van der Waals surface area contributed by atoms with Gasteiger partial charge < -0.3 is 31.0 Å². The van der Waals surface area contributed by atoms with Gasteiger partial charge in [-0.25, -0.2) is 19.7 Å². The lowest BCUT2D eigenvalue weighted by molar-refractivity contribution is 0.131. The van der Waals surface area contributed by atoms with Gasteiger partial charge in [0.2, 0.25) is 0 Å². The van der Waals surface area contributed by atoms with Crippen LogP contribution >= 0.6 is 0 Å². The second-order valence-electron chi connectivity index (χ2n) is 6.08. The Labute approximate surface area is 173 Å². The van der Waals surface area contributed by atoms with E-state index in [0.717, 1.165) is 17.0 Å². The van der Waals surface area contributed by atoms with Crippen molar-refractivity contribution in [3.63, 3.8) is 0 Å². The van der Waals surface area contributed by atoms with Crippen molar-refractivity contribution < 1.29 is 19.4 Å². The summed E-state index contributed by atoms with van der Waals surface area (Å²) in [6, 6.07) is 0. The van der Waals surface area contributed by atoms with E-state index in [4.69, 9.17) is 16.6 Å². The molecule has 3 heterocycles. The van der Waals surface area contributed by atoms with E-state index in [-0.39, 0.29) is 12.5 Å². The quantitative estimate of drug-likeness (QED) is 0.541. The van der Waals surface area contributed by atoms with Crippen LogP contribution in [0.4, 0.5) is 10.6 Å². The van der Waals surface area contributed by atoms with E-state index in [2.05, 4.69) is 41.0 Å². The van der Waals surface area contributed by atoms with E-state index in [9.17, 15) is 4.79 Å². The summed E-state index contributed by atoms with van der Waals surface area (Å²) in [6.07, 6.45) is 8.54. The first kappa shape index (κ1) is 22.6. The van der Waals surface area contributed by atoms with Crippen molar-refractivity contribution in [1.29, 1.82) is 0 Å². The van der Waals surface area contributed by atoms with Crippen LogP contribution in [0.15, 0.2) is 53.8 Å². The molecule has 160 valence electrons. The van der Waals surface area contributed by atoms with Crippen LogP contribution in [0.3, 0.4) is 0 Å².